The van der Waals surface area contributed by atoms with Gasteiger partial charge in [-0.05, 0) is 23.1 Å². The first-order valence-electron chi connectivity index (χ1n) is 4.17. The van der Waals surface area contributed by atoms with Gasteiger partial charge < -0.3 is 0 Å². The van der Waals surface area contributed by atoms with Gasteiger partial charge in [0.05, 0.1) is 5.52 Å². The number of nitrogens with zero attached hydrogens (tertiary/aromatic N) is 1. The zero-order chi connectivity index (χ0) is 9.10. The van der Waals surface area contributed by atoms with Crippen LogP contribution in [0.3, 0.4) is 0 Å². The van der Waals surface area contributed by atoms with Crippen LogP contribution in [0.5, 0.6) is 0 Å². The van der Waals surface area contributed by atoms with Crippen LogP contribution >= 0.6 is 12.2 Å². The average molecular weight is 187 g/mol. The molecule has 0 saturated heterocycles. The molecule has 0 saturated carbocycles. The number of aromatic nitrogens is 1. The Hall–Kier alpha value is -1.28. The van der Waals surface area contributed by atoms with Crippen LogP contribution in [0.2, 0.25) is 0 Å². The Morgan fingerprint density at radius 2 is 2.15 bits per heavy atom. The Kier molecular flexibility index (Phi) is 2.32. The normalized spacial score (nSPS) is 10.2. The van der Waals surface area contributed by atoms with E-state index in [1.54, 1.807) is 5.37 Å². The van der Waals surface area contributed by atoms with E-state index in [9.17, 15) is 0 Å². The van der Waals surface area contributed by atoms with Crippen molar-refractivity contribution in [3.63, 3.8) is 0 Å². The Morgan fingerprint density at radius 1 is 1.31 bits per heavy atom. The highest BCUT2D eigenvalue weighted by Crippen LogP contribution is 2.12. The molecular weight excluding hydrogens is 178 g/mol. The van der Waals surface area contributed by atoms with Gasteiger partial charge >= 0.3 is 0 Å². The smallest absolute Gasteiger partial charge is 0.0702 e. The molecule has 0 aliphatic carbocycles. The van der Waals surface area contributed by atoms with Gasteiger partial charge in [0.2, 0.25) is 0 Å². The lowest BCUT2D eigenvalue weighted by molar-refractivity contribution is 1.29. The molecule has 0 radical (unpaired) electrons. The van der Waals surface area contributed by atoms with Crippen LogP contribution in [0.15, 0.2) is 36.5 Å². The summed E-state index contributed by atoms with van der Waals surface area (Å²) in [7, 11) is 0. The topological polar surface area (TPSA) is 12.9 Å². The van der Waals surface area contributed by atoms with Crippen molar-refractivity contribution in [2.75, 3.05) is 0 Å². The van der Waals surface area contributed by atoms with Crippen molar-refractivity contribution >= 4 is 28.5 Å². The maximum absolute atomic E-state index is 4.80. The molecule has 2 aromatic rings. The first-order valence-corrected chi connectivity index (χ1v) is 4.64. The molecule has 2 rings (SSSR count). The third-order valence-corrected chi connectivity index (χ3v) is 2.13. The molecule has 0 atom stereocenters. The van der Waals surface area contributed by atoms with Crippen molar-refractivity contribution in [3.8, 4) is 0 Å². The molecular formula is C11H9NS. The van der Waals surface area contributed by atoms with E-state index in [1.807, 2.05) is 24.4 Å². The van der Waals surface area contributed by atoms with Crippen molar-refractivity contribution in [2.24, 2.45) is 0 Å². The maximum atomic E-state index is 4.80. The number of para-hydroxylation sites is 1. The van der Waals surface area contributed by atoms with E-state index < -0.39 is 0 Å². The average Bonchev–Trinajstić information content (AvgIpc) is 2.18. The van der Waals surface area contributed by atoms with Crippen molar-refractivity contribution in [2.45, 2.75) is 6.42 Å². The molecule has 64 valence electrons. The van der Waals surface area contributed by atoms with E-state index in [1.165, 1.54) is 10.9 Å². The predicted octanol–water partition coefficient (Wildman–Crippen LogP) is 2.78. The summed E-state index contributed by atoms with van der Waals surface area (Å²) in [5.41, 5.74) is 2.21. The fourth-order valence-electron chi connectivity index (χ4n) is 1.32. The molecule has 0 amide bonds. The first-order chi connectivity index (χ1) is 6.40. The summed E-state index contributed by atoms with van der Waals surface area (Å²) in [6.45, 7) is 0. The summed E-state index contributed by atoms with van der Waals surface area (Å²) in [6, 6.07) is 10.2. The third kappa shape index (κ3) is 1.73. The number of pyridine rings is 1. The highest BCUT2D eigenvalue weighted by Gasteiger charge is 1.94. The fourth-order valence-corrected chi connectivity index (χ4v) is 1.52. The highest BCUT2D eigenvalue weighted by molar-refractivity contribution is 7.78. The Labute approximate surface area is 82.4 Å². The van der Waals surface area contributed by atoms with Gasteiger partial charge in [0.25, 0.3) is 0 Å². The quantitative estimate of drug-likeness (QED) is 0.670. The van der Waals surface area contributed by atoms with Crippen LogP contribution in [-0.2, 0) is 6.42 Å². The summed E-state index contributed by atoms with van der Waals surface area (Å²) >= 11 is 4.80. The lowest BCUT2D eigenvalue weighted by Gasteiger charge is -1.98. The summed E-state index contributed by atoms with van der Waals surface area (Å²) in [5.74, 6) is 0. The van der Waals surface area contributed by atoms with Crippen LogP contribution in [-0.4, -0.2) is 10.4 Å². The van der Waals surface area contributed by atoms with Gasteiger partial charge in [-0.15, -0.1) is 0 Å². The highest BCUT2D eigenvalue weighted by atomic mass is 32.1. The summed E-state index contributed by atoms with van der Waals surface area (Å²) in [4.78, 5) is 4.33. The van der Waals surface area contributed by atoms with E-state index in [0.29, 0.717) is 0 Å². The van der Waals surface area contributed by atoms with Gasteiger partial charge in [0.15, 0.2) is 0 Å². The minimum atomic E-state index is 0.813. The summed E-state index contributed by atoms with van der Waals surface area (Å²) in [5, 5.41) is 2.91. The lowest BCUT2D eigenvalue weighted by Crippen LogP contribution is -1.86. The van der Waals surface area contributed by atoms with Crippen molar-refractivity contribution in [1.82, 2.24) is 4.98 Å². The zero-order valence-electron chi connectivity index (χ0n) is 7.10. The zero-order valence-corrected chi connectivity index (χ0v) is 7.92. The standard InChI is InChI=1S/C11H9NS/c13-6-5-9-7-10-3-1-2-4-11(10)12-8-9/h1-4,6-8H,5H2. The molecule has 0 aliphatic rings. The minimum absolute atomic E-state index is 0.813. The molecule has 1 nitrogen and oxygen atoms in total. The van der Waals surface area contributed by atoms with Crippen LogP contribution in [0.1, 0.15) is 5.56 Å². The van der Waals surface area contributed by atoms with Crippen LogP contribution in [0, 0.1) is 0 Å². The monoisotopic (exact) mass is 187 g/mol. The largest absolute Gasteiger partial charge is 0.256 e. The summed E-state index contributed by atoms with van der Waals surface area (Å²) in [6.07, 6.45) is 2.69. The van der Waals surface area contributed by atoms with Crippen LogP contribution < -0.4 is 0 Å². The van der Waals surface area contributed by atoms with Crippen LogP contribution in [0.4, 0.5) is 0 Å². The van der Waals surface area contributed by atoms with Gasteiger partial charge in [0.1, 0.15) is 0 Å². The molecule has 0 aliphatic heterocycles. The predicted molar refractivity (Wildman–Crippen MR) is 59.1 cm³/mol. The Balaban J connectivity index is 2.55. The van der Waals surface area contributed by atoms with Crippen molar-refractivity contribution in [3.05, 3.63) is 42.1 Å². The van der Waals surface area contributed by atoms with Gasteiger partial charge in [-0.2, -0.15) is 0 Å². The van der Waals surface area contributed by atoms with E-state index in [2.05, 4.69) is 17.1 Å². The maximum Gasteiger partial charge on any atom is 0.0702 e. The van der Waals surface area contributed by atoms with E-state index in [4.69, 9.17) is 12.2 Å². The second-order valence-corrected chi connectivity index (χ2v) is 3.24. The summed E-state index contributed by atoms with van der Waals surface area (Å²) < 4.78 is 0. The SMILES string of the molecule is S=CCc1cnc2ccccc2c1. The number of benzene rings is 1. The molecule has 13 heavy (non-hydrogen) atoms. The van der Waals surface area contributed by atoms with Crippen LogP contribution in [0.25, 0.3) is 10.9 Å². The fraction of sp³-hybridized carbons (Fsp3) is 0.0909. The molecule has 0 spiro atoms. The number of hydrogen-bond donors (Lipinski definition) is 0. The molecule has 0 N–H and O–H groups in total. The molecule has 0 unspecified atom stereocenters. The first kappa shape index (κ1) is 8.32. The number of thiocarbonyl (C=S) groups is 1. The molecule has 0 fully saturated rings. The molecule has 0 bridgehead atoms. The third-order valence-electron chi connectivity index (χ3n) is 1.97. The Morgan fingerprint density at radius 3 is 3.00 bits per heavy atom. The van der Waals surface area contributed by atoms with E-state index >= 15 is 0 Å². The van der Waals surface area contributed by atoms with Gasteiger partial charge in [0, 0.05) is 18.0 Å². The molecule has 2 heteroatoms. The minimum Gasteiger partial charge on any atom is -0.256 e. The van der Waals surface area contributed by atoms with E-state index in [0.717, 1.165) is 11.9 Å². The second-order valence-electron chi connectivity index (χ2n) is 2.91. The molecule has 1 heterocycles. The van der Waals surface area contributed by atoms with Crippen molar-refractivity contribution in [1.29, 1.82) is 0 Å². The van der Waals surface area contributed by atoms with Gasteiger partial charge in [-0.3, -0.25) is 4.98 Å². The number of rotatable bonds is 2. The molecule has 1 aromatic carbocycles. The lowest BCUT2D eigenvalue weighted by atomic mass is 10.1. The second kappa shape index (κ2) is 3.62. The number of fused-ring (bicyclic) bond motifs is 1. The van der Waals surface area contributed by atoms with Gasteiger partial charge in [-0.1, -0.05) is 30.4 Å². The van der Waals surface area contributed by atoms with Crippen molar-refractivity contribution < 1.29 is 0 Å². The Bertz CT molecular complexity index is 437. The van der Waals surface area contributed by atoms with E-state index in [-0.39, 0.29) is 0 Å². The van der Waals surface area contributed by atoms with Gasteiger partial charge in [-0.25, -0.2) is 0 Å². The molecule has 1 aromatic heterocycles. The number of hydrogen-bond acceptors (Lipinski definition) is 2.